The van der Waals surface area contributed by atoms with E-state index in [1.807, 2.05) is 4.90 Å². The number of sulfone groups is 1. The minimum absolute atomic E-state index is 0.144. The normalized spacial score (nSPS) is 20.9. The van der Waals surface area contributed by atoms with E-state index in [0.29, 0.717) is 24.3 Å². The highest BCUT2D eigenvalue weighted by Gasteiger charge is 2.34. The highest BCUT2D eigenvalue weighted by Crippen LogP contribution is 2.32. The molecular formula is C17H27N3O5S. The van der Waals surface area contributed by atoms with Crippen molar-refractivity contribution in [1.29, 1.82) is 0 Å². The maximum absolute atomic E-state index is 12.0. The van der Waals surface area contributed by atoms with Gasteiger partial charge >= 0.3 is 6.09 Å². The fourth-order valence-electron chi connectivity index (χ4n) is 2.97. The molecule has 146 valence electrons. The van der Waals surface area contributed by atoms with Crippen LogP contribution in [0, 0.1) is 0 Å². The van der Waals surface area contributed by atoms with E-state index in [-0.39, 0.29) is 23.6 Å². The highest BCUT2D eigenvalue weighted by molar-refractivity contribution is 7.90. The van der Waals surface area contributed by atoms with Gasteiger partial charge in [0.2, 0.25) is 0 Å². The number of nitrogens with zero attached hydrogens (tertiary/aromatic N) is 1. The van der Waals surface area contributed by atoms with Crippen molar-refractivity contribution < 1.29 is 23.1 Å². The molecule has 0 spiro atoms. The van der Waals surface area contributed by atoms with E-state index in [1.54, 1.807) is 20.8 Å². The number of nitrogens with two attached hydrogens (primary N) is 1. The van der Waals surface area contributed by atoms with Crippen molar-refractivity contribution in [2.75, 3.05) is 30.0 Å². The van der Waals surface area contributed by atoms with Crippen molar-refractivity contribution in [2.24, 2.45) is 0 Å². The standard InChI is InChI=1S/C17H27N3O5S/c1-17(2,3)25-16(22)19-11-7-12(10-21)20(9-11)15-8-13(26(4,23)24)5-6-14(15)18/h5-6,8,11-12,21H,7,9-10,18H2,1-4H3,(H,19,22). The molecule has 2 rings (SSSR count). The Hall–Kier alpha value is -2.00. The van der Waals surface area contributed by atoms with Gasteiger partial charge in [-0.2, -0.15) is 0 Å². The number of aliphatic hydroxyl groups excluding tert-OH is 1. The minimum atomic E-state index is -3.38. The summed E-state index contributed by atoms with van der Waals surface area (Å²) in [7, 11) is -3.38. The fourth-order valence-corrected chi connectivity index (χ4v) is 3.61. The van der Waals surface area contributed by atoms with Crippen molar-refractivity contribution in [2.45, 2.75) is 49.8 Å². The van der Waals surface area contributed by atoms with Gasteiger partial charge in [-0.05, 0) is 45.4 Å². The molecule has 1 amide bonds. The quantitative estimate of drug-likeness (QED) is 0.664. The summed E-state index contributed by atoms with van der Waals surface area (Å²) in [5, 5.41) is 12.5. The number of carbonyl (C=O) groups is 1. The van der Waals surface area contributed by atoms with E-state index in [4.69, 9.17) is 10.5 Å². The Morgan fingerprint density at radius 1 is 1.42 bits per heavy atom. The van der Waals surface area contributed by atoms with Gasteiger partial charge in [0, 0.05) is 12.8 Å². The molecule has 0 radical (unpaired) electrons. The third-order valence-corrected chi connectivity index (χ3v) is 5.20. The average molecular weight is 385 g/mol. The lowest BCUT2D eigenvalue weighted by molar-refractivity contribution is 0.0507. The zero-order valence-electron chi connectivity index (χ0n) is 15.5. The van der Waals surface area contributed by atoms with Gasteiger partial charge in [-0.3, -0.25) is 0 Å². The van der Waals surface area contributed by atoms with E-state index in [9.17, 15) is 18.3 Å². The number of aliphatic hydroxyl groups is 1. The van der Waals surface area contributed by atoms with Crippen molar-refractivity contribution in [1.82, 2.24) is 5.32 Å². The number of anilines is 2. The molecule has 9 heteroatoms. The van der Waals surface area contributed by atoms with E-state index in [0.717, 1.165) is 6.26 Å². The fraction of sp³-hybridized carbons (Fsp3) is 0.588. The zero-order valence-corrected chi connectivity index (χ0v) is 16.3. The first-order chi connectivity index (χ1) is 11.9. The molecule has 1 aromatic carbocycles. The topological polar surface area (TPSA) is 122 Å². The molecule has 1 aromatic rings. The van der Waals surface area contributed by atoms with Crippen LogP contribution in [-0.4, -0.2) is 56.7 Å². The number of benzene rings is 1. The van der Waals surface area contributed by atoms with Crippen LogP contribution < -0.4 is 16.0 Å². The van der Waals surface area contributed by atoms with Crippen molar-refractivity contribution >= 4 is 27.3 Å². The number of nitrogens with one attached hydrogen (secondary N) is 1. The Labute approximate surface area is 154 Å². The Kier molecular flexibility index (Phi) is 5.72. The number of hydrogen-bond acceptors (Lipinski definition) is 7. The van der Waals surface area contributed by atoms with Crippen LogP contribution >= 0.6 is 0 Å². The molecular weight excluding hydrogens is 358 g/mol. The van der Waals surface area contributed by atoms with Gasteiger partial charge in [-0.15, -0.1) is 0 Å². The molecule has 26 heavy (non-hydrogen) atoms. The number of hydrogen-bond donors (Lipinski definition) is 3. The van der Waals surface area contributed by atoms with Gasteiger partial charge in [0.25, 0.3) is 0 Å². The van der Waals surface area contributed by atoms with Crippen LogP contribution in [-0.2, 0) is 14.6 Å². The van der Waals surface area contributed by atoms with Crippen LogP contribution in [0.4, 0.5) is 16.2 Å². The third kappa shape index (κ3) is 5.01. The van der Waals surface area contributed by atoms with Gasteiger partial charge in [-0.1, -0.05) is 0 Å². The average Bonchev–Trinajstić information content (AvgIpc) is 2.87. The summed E-state index contributed by atoms with van der Waals surface area (Å²) in [4.78, 5) is 14.0. The molecule has 0 aliphatic carbocycles. The van der Waals surface area contributed by atoms with Crippen LogP contribution in [0.25, 0.3) is 0 Å². The Morgan fingerprint density at radius 3 is 2.62 bits per heavy atom. The number of nitrogen functional groups attached to an aromatic ring is 1. The maximum Gasteiger partial charge on any atom is 0.407 e. The van der Waals surface area contributed by atoms with E-state index in [1.165, 1.54) is 18.2 Å². The predicted octanol–water partition coefficient (Wildman–Crippen LogP) is 1.14. The number of alkyl carbamates (subject to hydrolysis) is 1. The number of amides is 1. The van der Waals surface area contributed by atoms with Crippen molar-refractivity contribution in [3.8, 4) is 0 Å². The number of carbonyl (C=O) groups excluding carboxylic acids is 1. The molecule has 2 unspecified atom stereocenters. The highest BCUT2D eigenvalue weighted by atomic mass is 32.2. The molecule has 0 aromatic heterocycles. The molecule has 1 fully saturated rings. The summed E-state index contributed by atoms with van der Waals surface area (Å²) in [6.07, 6.45) is 1.10. The second-order valence-corrected chi connectivity index (χ2v) is 9.58. The van der Waals surface area contributed by atoms with Crippen LogP contribution in [0.15, 0.2) is 23.1 Å². The summed E-state index contributed by atoms with van der Waals surface area (Å²) in [5.41, 5.74) is 6.36. The third-order valence-electron chi connectivity index (χ3n) is 4.09. The van der Waals surface area contributed by atoms with E-state index in [2.05, 4.69) is 5.32 Å². The van der Waals surface area contributed by atoms with Crippen LogP contribution in [0.1, 0.15) is 27.2 Å². The Balaban J connectivity index is 2.21. The number of ether oxygens (including phenoxy) is 1. The predicted molar refractivity (Wildman–Crippen MR) is 100.0 cm³/mol. The molecule has 4 N–H and O–H groups in total. The molecule has 1 aliphatic heterocycles. The van der Waals surface area contributed by atoms with Gasteiger partial charge in [0.05, 0.1) is 35.0 Å². The van der Waals surface area contributed by atoms with Crippen LogP contribution in [0.5, 0.6) is 0 Å². The van der Waals surface area contributed by atoms with Gasteiger partial charge < -0.3 is 25.8 Å². The summed E-state index contributed by atoms with van der Waals surface area (Å²) in [6.45, 7) is 5.58. The maximum atomic E-state index is 12.0. The molecule has 1 saturated heterocycles. The lowest BCUT2D eigenvalue weighted by Crippen LogP contribution is -2.40. The van der Waals surface area contributed by atoms with Crippen molar-refractivity contribution in [3.05, 3.63) is 18.2 Å². The molecule has 1 heterocycles. The second-order valence-electron chi connectivity index (χ2n) is 7.56. The van der Waals surface area contributed by atoms with Gasteiger partial charge in [-0.25, -0.2) is 13.2 Å². The van der Waals surface area contributed by atoms with E-state index < -0.39 is 21.5 Å². The number of rotatable bonds is 4. The first kappa shape index (κ1) is 20.3. The van der Waals surface area contributed by atoms with Crippen LogP contribution in [0.2, 0.25) is 0 Å². The van der Waals surface area contributed by atoms with Gasteiger partial charge in [0.15, 0.2) is 9.84 Å². The van der Waals surface area contributed by atoms with E-state index >= 15 is 0 Å². The lowest BCUT2D eigenvalue weighted by atomic mass is 10.1. The van der Waals surface area contributed by atoms with Crippen LogP contribution in [0.3, 0.4) is 0 Å². The van der Waals surface area contributed by atoms with Crippen molar-refractivity contribution in [3.63, 3.8) is 0 Å². The van der Waals surface area contributed by atoms with Gasteiger partial charge in [0.1, 0.15) is 5.60 Å². The smallest absolute Gasteiger partial charge is 0.407 e. The molecule has 2 atom stereocenters. The Bertz CT molecular complexity index is 773. The molecule has 0 saturated carbocycles. The zero-order chi connectivity index (χ0) is 19.7. The summed E-state index contributed by atoms with van der Waals surface area (Å²) < 4.78 is 28.9. The first-order valence-corrected chi connectivity index (χ1v) is 10.3. The summed E-state index contributed by atoms with van der Waals surface area (Å²) in [6, 6.07) is 3.96. The molecule has 0 bridgehead atoms. The molecule has 1 aliphatic rings. The monoisotopic (exact) mass is 385 g/mol. The summed E-state index contributed by atoms with van der Waals surface area (Å²) in [5.74, 6) is 0. The largest absolute Gasteiger partial charge is 0.444 e. The first-order valence-electron chi connectivity index (χ1n) is 8.37. The molecule has 8 nitrogen and oxygen atoms in total. The Morgan fingerprint density at radius 2 is 2.08 bits per heavy atom. The summed E-state index contributed by atoms with van der Waals surface area (Å²) >= 11 is 0. The second kappa shape index (κ2) is 7.32. The lowest BCUT2D eigenvalue weighted by Gasteiger charge is -2.27. The SMILES string of the molecule is CC(C)(C)OC(=O)NC1CC(CO)N(c2cc(S(C)(=O)=O)ccc2N)C1. The minimum Gasteiger partial charge on any atom is -0.444 e.